The summed E-state index contributed by atoms with van der Waals surface area (Å²) in [5.41, 5.74) is 1.56. The van der Waals surface area contributed by atoms with E-state index in [-0.39, 0.29) is 6.42 Å². The van der Waals surface area contributed by atoms with Crippen molar-refractivity contribution in [2.75, 3.05) is 6.61 Å². The third-order valence-corrected chi connectivity index (χ3v) is 3.53. The minimum absolute atomic E-state index is 0.129. The van der Waals surface area contributed by atoms with Crippen molar-refractivity contribution in [2.45, 2.75) is 31.9 Å². The zero-order valence-corrected chi connectivity index (χ0v) is 13.0. The van der Waals surface area contributed by atoms with Crippen LogP contribution in [0.15, 0.2) is 24.5 Å². The summed E-state index contributed by atoms with van der Waals surface area (Å²) in [6.45, 7) is 0.342. The minimum atomic E-state index is -4.07. The van der Waals surface area contributed by atoms with Gasteiger partial charge in [0.2, 0.25) is 0 Å². The van der Waals surface area contributed by atoms with Crippen LogP contribution >= 0.6 is 11.7 Å². The van der Waals surface area contributed by atoms with Crippen molar-refractivity contribution < 1.29 is 22.5 Å². The summed E-state index contributed by atoms with van der Waals surface area (Å²) in [5.74, 6) is 0.437. The van der Waals surface area contributed by atoms with Crippen molar-refractivity contribution in [2.24, 2.45) is 7.05 Å². The number of hydrogen-bond acceptors (Lipinski definition) is 4. The van der Waals surface area contributed by atoms with E-state index in [4.69, 9.17) is 4.74 Å². The highest BCUT2D eigenvalue weighted by atomic mass is 32.1. The number of aryl methyl sites for hydroxylation is 1. The van der Waals surface area contributed by atoms with Crippen molar-refractivity contribution in [1.82, 2.24) is 8.75 Å². The molecule has 22 heavy (non-hydrogen) atoms. The van der Waals surface area contributed by atoms with Crippen molar-refractivity contribution in [3.8, 4) is 17.1 Å². The third kappa shape index (κ3) is 5.25. The van der Waals surface area contributed by atoms with Gasteiger partial charge in [0, 0.05) is 12.5 Å². The van der Waals surface area contributed by atoms with Gasteiger partial charge in [-0.3, -0.25) is 0 Å². The van der Waals surface area contributed by atoms with Gasteiger partial charge in [-0.1, -0.05) is 0 Å². The van der Waals surface area contributed by atoms with Crippen molar-refractivity contribution in [3.63, 3.8) is 0 Å². The lowest BCUT2D eigenvalue weighted by molar-refractivity contribution is -0.671. The molecule has 0 radical (unpaired) electrons. The molecule has 2 rings (SSSR count). The Labute approximate surface area is 130 Å². The van der Waals surface area contributed by atoms with E-state index in [1.54, 1.807) is 0 Å². The first-order chi connectivity index (χ1) is 10.5. The molecule has 0 saturated heterocycles. The fourth-order valence-corrected chi connectivity index (χ4v) is 2.47. The van der Waals surface area contributed by atoms with Crippen LogP contribution in [0.3, 0.4) is 0 Å². The van der Waals surface area contributed by atoms with E-state index in [0.29, 0.717) is 31.0 Å². The van der Waals surface area contributed by atoms with Gasteiger partial charge in [-0.05, 0) is 25.3 Å². The molecule has 0 N–H and O–H groups in total. The largest absolute Gasteiger partial charge is 0.475 e. The van der Waals surface area contributed by atoms with Crippen LogP contribution < -0.4 is 9.30 Å². The Hall–Kier alpha value is -1.70. The molecule has 0 amide bonds. The van der Waals surface area contributed by atoms with E-state index >= 15 is 0 Å². The molecule has 8 heteroatoms. The van der Waals surface area contributed by atoms with Crippen LogP contribution in [0.1, 0.15) is 25.7 Å². The van der Waals surface area contributed by atoms with Crippen LogP contribution in [0.2, 0.25) is 0 Å². The fourth-order valence-electron chi connectivity index (χ4n) is 1.95. The van der Waals surface area contributed by atoms with E-state index in [2.05, 4.69) is 8.75 Å². The summed E-state index contributed by atoms with van der Waals surface area (Å²) in [4.78, 5) is 0. The highest BCUT2D eigenvalue weighted by molar-refractivity contribution is 6.99. The summed E-state index contributed by atoms with van der Waals surface area (Å²) in [6, 6.07) is 3.81. The Kier molecular flexibility index (Phi) is 5.70. The first-order valence-electron chi connectivity index (χ1n) is 6.93. The van der Waals surface area contributed by atoms with Crippen LogP contribution in [0.4, 0.5) is 13.2 Å². The number of rotatable bonds is 7. The zero-order chi connectivity index (χ0) is 16.0. The summed E-state index contributed by atoms with van der Waals surface area (Å²) in [5, 5.41) is 0. The molecule has 2 aromatic heterocycles. The molecule has 0 aromatic carbocycles. The van der Waals surface area contributed by atoms with Gasteiger partial charge < -0.3 is 4.74 Å². The molecule has 0 aliphatic rings. The molecule has 0 aliphatic carbocycles. The SMILES string of the molecule is C[n+]1cccc(-c2nsnc2OCCCCCC(F)(F)F)c1. The molecule has 0 spiro atoms. The highest BCUT2D eigenvalue weighted by Crippen LogP contribution is 2.27. The molecule has 0 atom stereocenters. The summed E-state index contributed by atoms with van der Waals surface area (Å²) in [6.07, 6.45) is 0.177. The van der Waals surface area contributed by atoms with Gasteiger partial charge in [0.25, 0.3) is 5.88 Å². The standard InChI is InChI=1S/C14H17F3N3OS/c1-20-8-5-6-11(10-20)12-13(19-22-18-12)21-9-4-2-3-7-14(15,16)17/h5-6,8,10H,2-4,7,9H2,1H3/q+1. The van der Waals surface area contributed by atoms with Crippen molar-refractivity contribution in [3.05, 3.63) is 24.5 Å². The third-order valence-electron chi connectivity index (χ3n) is 3.01. The van der Waals surface area contributed by atoms with Gasteiger partial charge in [-0.15, -0.1) is 4.37 Å². The first-order valence-corrected chi connectivity index (χ1v) is 7.66. The molecule has 120 valence electrons. The minimum Gasteiger partial charge on any atom is -0.475 e. The predicted octanol–water partition coefficient (Wildman–Crippen LogP) is 3.53. The Morgan fingerprint density at radius 2 is 2.05 bits per heavy atom. The Balaban J connectivity index is 1.81. The van der Waals surface area contributed by atoms with Crippen molar-refractivity contribution in [1.29, 1.82) is 0 Å². The number of aromatic nitrogens is 3. The van der Waals surface area contributed by atoms with Crippen LogP contribution in [-0.4, -0.2) is 21.5 Å². The topological polar surface area (TPSA) is 38.9 Å². The van der Waals surface area contributed by atoms with Gasteiger partial charge in [-0.25, -0.2) is 4.57 Å². The number of hydrogen-bond donors (Lipinski definition) is 0. The average molecular weight is 332 g/mol. The van der Waals surface area contributed by atoms with Crippen molar-refractivity contribution >= 4 is 11.7 Å². The first kappa shape index (κ1) is 16.7. The number of ether oxygens (including phenoxy) is 1. The van der Waals surface area contributed by atoms with Gasteiger partial charge >= 0.3 is 6.18 Å². The highest BCUT2D eigenvalue weighted by Gasteiger charge is 2.25. The molecular formula is C14H17F3N3OS+. The lowest BCUT2D eigenvalue weighted by Crippen LogP contribution is -2.26. The second-order valence-electron chi connectivity index (χ2n) is 4.95. The van der Waals surface area contributed by atoms with Crippen LogP contribution in [0, 0.1) is 0 Å². The number of nitrogens with zero attached hydrogens (tertiary/aromatic N) is 3. The monoisotopic (exact) mass is 332 g/mol. The fraction of sp³-hybridized carbons (Fsp3) is 0.500. The molecule has 4 nitrogen and oxygen atoms in total. The van der Waals surface area contributed by atoms with Gasteiger partial charge in [0.15, 0.2) is 18.1 Å². The molecule has 0 saturated carbocycles. The van der Waals surface area contributed by atoms with E-state index in [1.165, 1.54) is 0 Å². The number of pyridine rings is 1. The summed E-state index contributed by atoms with van der Waals surface area (Å²) in [7, 11) is 1.91. The van der Waals surface area contributed by atoms with Gasteiger partial charge in [0.05, 0.1) is 23.9 Å². The quantitative estimate of drug-likeness (QED) is 0.575. The van der Waals surface area contributed by atoms with E-state index in [0.717, 1.165) is 17.3 Å². The maximum absolute atomic E-state index is 12.0. The Bertz CT molecular complexity index is 601. The smallest absolute Gasteiger partial charge is 0.389 e. The molecule has 0 fully saturated rings. The van der Waals surface area contributed by atoms with E-state index < -0.39 is 12.6 Å². The second kappa shape index (κ2) is 7.53. The van der Waals surface area contributed by atoms with Gasteiger partial charge in [0.1, 0.15) is 7.05 Å². The van der Waals surface area contributed by atoms with E-state index in [9.17, 15) is 13.2 Å². The molecule has 0 unspecified atom stereocenters. The maximum atomic E-state index is 12.0. The number of halogens is 3. The molecular weight excluding hydrogens is 315 g/mol. The van der Waals surface area contributed by atoms with E-state index in [1.807, 2.05) is 36.1 Å². The Morgan fingerprint density at radius 3 is 2.77 bits per heavy atom. The maximum Gasteiger partial charge on any atom is 0.389 e. The molecule has 0 aliphatic heterocycles. The summed E-state index contributed by atoms with van der Waals surface area (Å²) < 4.78 is 51.8. The number of alkyl halides is 3. The van der Waals surface area contributed by atoms with Crippen LogP contribution in [0.25, 0.3) is 11.3 Å². The Morgan fingerprint density at radius 1 is 1.23 bits per heavy atom. The number of unbranched alkanes of at least 4 members (excludes halogenated alkanes) is 2. The zero-order valence-electron chi connectivity index (χ0n) is 12.1. The molecule has 0 bridgehead atoms. The average Bonchev–Trinajstić information content (AvgIpc) is 2.90. The lowest BCUT2D eigenvalue weighted by atomic mass is 10.2. The molecule has 2 heterocycles. The summed E-state index contributed by atoms with van der Waals surface area (Å²) >= 11 is 1.06. The predicted molar refractivity (Wildman–Crippen MR) is 76.5 cm³/mol. The van der Waals surface area contributed by atoms with Crippen LogP contribution in [0.5, 0.6) is 5.88 Å². The normalized spacial score (nSPS) is 11.6. The van der Waals surface area contributed by atoms with Crippen LogP contribution in [-0.2, 0) is 7.05 Å². The second-order valence-corrected chi connectivity index (χ2v) is 5.48. The molecule has 2 aromatic rings. The van der Waals surface area contributed by atoms with Gasteiger partial charge in [-0.2, -0.15) is 17.5 Å². The lowest BCUT2D eigenvalue weighted by Gasteiger charge is -2.06.